The SMILES string of the molecule is CCOC(=O)C(C)=O.Cl.Nc1c(N)c2ccccc2c2ccccc12.O=C1Cc2c(c3ccccc3c3ccccc23)NC1=O.O=CO[O-].[Na+]. The Balaban J connectivity index is 0.000000260. The van der Waals surface area contributed by atoms with Crippen molar-refractivity contribution in [1.82, 2.24) is 0 Å². The van der Waals surface area contributed by atoms with E-state index in [-0.39, 0.29) is 67.2 Å². The molecule has 0 saturated heterocycles. The van der Waals surface area contributed by atoms with Crippen LogP contribution in [0.5, 0.6) is 0 Å². The minimum Gasteiger partial charge on any atom is -0.662 e. The molecule has 0 bridgehead atoms. The van der Waals surface area contributed by atoms with Gasteiger partial charge < -0.3 is 31.7 Å². The third-order valence-corrected chi connectivity index (χ3v) is 7.49. The Hall–Kier alpha value is -5.04. The number of rotatable bonds is 3. The first-order valence-corrected chi connectivity index (χ1v) is 14.7. The molecule has 50 heavy (non-hydrogen) atoms. The van der Waals surface area contributed by atoms with E-state index in [0.29, 0.717) is 11.4 Å². The second kappa shape index (κ2) is 19.2. The van der Waals surface area contributed by atoms with Gasteiger partial charge in [-0.1, -0.05) is 97.1 Å². The summed E-state index contributed by atoms with van der Waals surface area (Å²) in [5, 5.41) is 19.8. The number of anilines is 3. The molecule has 1 aliphatic rings. The number of fused-ring (bicyclic) bond motifs is 9. The first kappa shape index (κ1) is 41.1. The van der Waals surface area contributed by atoms with Gasteiger partial charge in [0.2, 0.25) is 11.6 Å². The summed E-state index contributed by atoms with van der Waals surface area (Å²) in [4.78, 5) is 54.9. The summed E-state index contributed by atoms with van der Waals surface area (Å²) in [7, 11) is 0. The quantitative estimate of drug-likeness (QED) is 0.0283. The zero-order valence-electron chi connectivity index (χ0n) is 27.6. The van der Waals surface area contributed by atoms with Gasteiger partial charge in [-0.3, -0.25) is 19.2 Å². The van der Waals surface area contributed by atoms with Gasteiger partial charge in [-0.25, -0.2) is 4.79 Å². The number of ketones is 2. The van der Waals surface area contributed by atoms with Crippen LogP contribution >= 0.6 is 12.4 Å². The number of halogens is 1. The van der Waals surface area contributed by atoms with Crippen molar-refractivity contribution in [2.75, 3.05) is 23.4 Å². The molecule has 0 saturated carbocycles. The summed E-state index contributed by atoms with van der Waals surface area (Å²) in [5.41, 5.74) is 15.2. The van der Waals surface area contributed by atoms with Crippen LogP contribution in [0.1, 0.15) is 19.4 Å². The number of hydrogen-bond donors (Lipinski definition) is 3. The fourth-order valence-corrected chi connectivity index (χ4v) is 5.39. The van der Waals surface area contributed by atoms with E-state index in [1.165, 1.54) is 6.92 Å². The largest absolute Gasteiger partial charge is 1.00 e. The molecular weight excluding hydrogens is 673 g/mol. The van der Waals surface area contributed by atoms with Gasteiger partial charge >= 0.3 is 35.5 Å². The van der Waals surface area contributed by atoms with Crippen LogP contribution < -0.4 is 51.6 Å². The molecule has 5 N–H and O–H groups in total. The first-order valence-electron chi connectivity index (χ1n) is 14.7. The molecule has 0 unspecified atom stereocenters. The molecule has 0 spiro atoms. The second-order valence-corrected chi connectivity index (χ2v) is 10.4. The Bertz CT molecular complexity index is 2060. The van der Waals surface area contributed by atoms with Crippen molar-refractivity contribution in [3.8, 4) is 0 Å². The molecule has 7 rings (SSSR count). The molecule has 0 atom stereocenters. The summed E-state index contributed by atoms with van der Waals surface area (Å²) in [5.74, 6) is -2.20. The summed E-state index contributed by atoms with van der Waals surface area (Å²) in [6.07, 6.45) is 0.173. The topological polar surface area (TPSA) is 191 Å². The molecule has 6 aromatic carbocycles. The Morgan fingerprint density at radius 1 is 0.740 bits per heavy atom. The van der Waals surface area contributed by atoms with E-state index in [1.807, 2.05) is 78.9 Å². The van der Waals surface area contributed by atoms with E-state index in [1.54, 1.807) is 6.92 Å². The van der Waals surface area contributed by atoms with Crippen molar-refractivity contribution >= 4 is 102 Å². The Kier molecular flexibility index (Phi) is 15.8. The van der Waals surface area contributed by atoms with E-state index >= 15 is 0 Å². The van der Waals surface area contributed by atoms with Crippen LogP contribution in [0.25, 0.3) is 43.1 Å². The van der Waals surface area contributed by atoms with Crippen molar-refractivity contribution in [3.63, 3.8) is 0 Å². The number of benzene rings is 6. The molecule has 13 heteroatoms. The van der Waals surface area contributed by atoms with Gasteiger partial charge in [-0.15, -0.1) is 12.4 Å². The molecule has 0 fully saturated rings. The predicted octanol–water partition coefficient (Wildman–Crippen LogP) is 2.21. The Morgan fingerprint density at radius 3 is 1.48 bits per heavy atom. The van der Waals surface area contributed by atoms with Gasteiger partial charge in [0.1, 0.15) is 0 Å². The zero-order valence-corrected chi connectivity index (χ0v) is 30.4. The number of Topliss-reactive ketones (excluding diaryl/α,β-unsaturated/α-hetero) is 2. The van der Waals surface area contributed by atoms with E-state index in [4.69, 9.17) is 21.5 Å². The van der Waals surface area contributed by atoms with Gasteiger partial charge in [0.05, 0.1) is 23.7 Å². The number of carbonyl (C=O) groups is 5. The maximum Gasteiger partial charge on any atom is 1.00 e. The molecule has 0 radical (unpaired) electrons. The van der Waals surface area contributed by atoms with Crippen LogP contribution in [0, 0.1) is 0 Å². The second-order valence-electron chi connectivity index (χ2n) is 10.4. The van der Waals surface area contributed by atoms with Crippen LogP contribution in [0.3, 0.4) is 0 Å². The van der Waals surface area contributed by atoms with Crippen molar-refractivity contribution in [1.29, 1.82) is 0 Å². The molecule has 252 valence electrons. The summed E-state index contributed by atoms with van der Waals surface area (Å²) in [6, 6.07) is 32.1. The fraction of sp³-hybridized carbons (Fsp3) is 0.108. The number of nitrogen functional groups attached to an aromatic ring is 2. The van der Waals surface area contributed by atoms with E-state index in [9.17, 15) is 19.2 Å². The minimum absolute atomic E-state index is 0. The molecule has 11 nitrogen and oxygen atoms in total. The predicted molar refractivity (Wildman–Crippen MR) is 191 cm³/mol. The van der Waals surface area contributed by atoms with E-state index in [0.717, 1.165) is 54.3 Å². The van der Waals surface area contributed by atoms with Crippen molar-refractivity contribution in [2.45, 2.75) is 20.3 Å². The number of hydrogen-bond acceptors (Lipinski definition) is 10. The van der Waals surface area contributed by atoms with Crippen LogP contribution in [0.15, 0.2) is 97.1 Å². The summed E-state index contributed by atoms with van der Waals surface area (Å²) in [6.45, 7) is 2.91. The Morgan fingerprint density at radius 2 is 1.10 bits per heavy atom. The molecule has 0 aliphatic carbocycles. The van der Waals surface area contributed by atoms with E-state index in [2.05, 4.69) is 33.1 Å². The molecular formula is C37H33ClN3NaO8. The van der Waals surface area contributed by atoms with Gasteiger partial charge in [-0.2, -0.15) is 0 Å². The monoisotopic (exact) mass is 705 g/mol. The van der Waals surface area contributed by atoms with Crippen molar-refractivity contribution in [2.24, 2.45) is 0 Å². The fourth-order valence-electron chi connectivity index (χ4n) is 5.39. The maximum absolute atomic E-state index is 11.7. The van der Waals surface area contributed by atoms with Gasteiger partial charge in [-0.05, 0) is 39.4 Å². The number of esters is 1. The standard InChI is InChI=1S/C17H11NO2.C14H12N2.C5H8O3.CH2O3.ClH.Na/c19-15-9-14-12-7-2-1-5-10(12)11-6-3-4-8-13(11)16(14)18-17(15)20;15-13-11-7-3-1-5-9(11)10-6-2-4-8-12(10)14(13)16;1-3-8-5(7)4(2)6;2-1-4-3;;/h1-8H,9H2,(H,18,20);1-8H,15-16H2;3H2,1-2H3;1,3H;1H;/q;;;;;+1/p-1. The molecule has 1 amide bonds. The van der Waals surface area contributed by atoms with Crippen LogP contribution in [-0.4, -0.2) is 36.5 Å². The average molecular weight is 706 g/mol. The first-order chi connectivity index (χ1) is 23.1. The number of amides is 1. The van der Waals surface area contributed by atoms with Gasteiger partial charge in [0.15, 0.2) is 0 Å². The smallest absolute Gasteiger partial charge is 0.662 e. The number of ether oxygens (including phenoxy) is 1. The summed E-state index contributed by atoms with van der Waals surface area (Å²) < 4.78 is 4.31. The van der Waals surface area contributed by atoms with Crippen molar-refractivity contribution in [3.05, 3.63) is 103 Å². The number of nitrogens with two attached hydrogens (primary N) is 2. The zero-order chi connectivity index (χ0) is 34.8. The third kappa shape index (κ3) is 9.14. The normalized spacial score (nSPS) is 11.0. The van der Waals surface area contributed by atoms with E-state index < -0.39 is 17.7 Å². The van der Waals surface area contributed by atoms with Crippen molar-refractivity contribution < 1.29 is 68.4 Å². The molecule has 6 aromatic rings. The maximum atomic E-state index is 11.7. The minimum atomic E-state index is -0.757. The summed E-state index contributed by atoms with van der Waals surface area (Å²) >= 11 is 0. The third-order valence-electron chi connectivity index (χ3n) is 7.49. The number of nitrogens with one attached hydrogen (secondary N) is 1. The van der Waals surface area contributed by atoms with Gasteiger partial charge in [0.25, 0.3) is 12.4 Å². The molecule has 0 aromatic heterocycles. The van der Waals surface area contributed by atoms with Crippen LogP contribution in [0.2, 0.25) is 0 Å². The molecule has 1 aliphatic heterocycles. The number of carbonyl (C=O) groups excluding carboxylic acids is 5. The van der Waals surface area contributed by atoms with Crippen LogP contribution in [0.4, 0.5) is 17.1 Å². The Labute approximate surface area is 315 Å². The average Bonchev–Trinajstić information content (AvgIpc) is 3.12. The van der Waals surface area contributed by atoms with Crippen LogP contribution in [-0.2, 0) is 40.0 Å². The van der Waals surface area contributed by atoms with Gasteiger partial charge in [0, 0.05) is 29.5 Å². The molecule has 1 heterocycles.